The van der Waals surface area contributed by atoms with E-state index < -0.39 is 0 Å². The van der Waals surface area contributed by atoms with Gasteiger partial charge in [0.15, 0.2) is 0 Å². The third-order valence-corrected chi connectivity index (χ3v) is 4.22. The average molecular weight is 243 g/mol. The van der Waals surface area contributed by atoms with Gasteiger partial charge in [-0.25, -0.2) is 0 Å². The van der Waals surface area contributed by atoms with Crippen LogP contribution in [0.5, 0.6) is 0 Å². The van der Waals surface area contributed by atoms with Crippen LogP contribution in [0.1, 0.15) is 45.4 Å². The molecule has 0 aromatic heterocycles. The minimum Gasteiger partial charge on any atom is -0.385 e. The number of ether oxygens (including phenoxy) is 2. The quantitative estimate of drug-likeness (QED) is 0.697. The fraction of sp³-hybridized carbons (Fsp3) is 1.00. The number of likely N-dealkylation sites (N-methyl/N-ethyl adjacent to an activating group) is 1. The molecule has 0 aromatic carbocycles. The normalized spacial score (nSPS) is 31.4. The minimum atomic E-state index is 0.0418. The highest BCUT2D eigenvalue weighted by Gasteiger charge is 2.40. The zero-order chi connectivity index (χ0) is 12.7. The molecule has 0 radical (unpaired) electrons. The lowest BCUT2D eigenvalue weighted by molar-refractivity contribution is -0.0804. The van der Waals surface area contributed by atoms with Gasteiger partial charge < -0.3 is 14.8 Å². The van der Waals surface area contributed by atoms with Crippen LogP contribution in [0.2, 0.25) is 0 Å². The van der Waals surface area contributed by atoms with E-state index in [1.165, 1.54) is 25.7 Å². The van der Waals surface area contributed by atoms with E-state index in [9.17, 15) is 0 Å². The number of nitrogens with one attached hydrogen (secondary N) is 1. The summed E-state index contributed by atoms with van der Waals surface area (Å²) in [6.07, 6.45) is 7.23. The van der Waals surface area contributed by atoms with E-state index in [2.05, 4.69) is 19.3 Å². The largest absolute Gasteiger partial charge is 0.385 e. The standard InChI is InChI=1S/C14H29NO2/c1-12-7-5-9-14(11-12,17-4)13(15-2)8-6-10-16-3/h12-13,15H,5-11H2,1-4H3. The van der Waals surface area contributed by atoms with Gasteiger partial charge in [-0.1, -0.05) is 19.8 Å². The number of hydrogen-bond donors (Lipinski definition) is 1. The molecule has 1 saturated carbocycles. The molecule has 0 bridgehead atoms. The summed E-state index contributed by atoms with van der Waals surface area (Å²) in [5, 5.41) is 3.46. The predicted octanol–water partition coefficient (Wildman–Crippen LogP) is 2.60. The van der Waals surface area contributed by atoms with Crippen LogP contribution in [-0.4, -0.2) is 39.5 Å². The highest BCUT2D eigenvalue weighted by atomic mass is 16.5. The number of rotatable bonds is 7. The Bertz CT molecular complexity index is 210. The van der Waals surface area contributed by atoms with Crippen LogP contribution in [0.15, 0.2) is 0 Å². The first-order chi connectivity index (χ1) is 8.18. The Hall–Kier alpha value is -0.120. The molecule has 0 spiro atoms. The first-order valence-corrected chi connectivity index (χ1v) is 6.90. The number of hydrogen-bond acceptors (Lipinski definition) is 3. The zero-order valence-corrected chi connectivity index (χ0v) is 11.9. The third-order valence-electron chi connectivity index (χ3n) is 4.22. The van der Waals surface area contributed by atoms with Crippen molar-refractivity contribution in [1.82, 2.24) is 5.32 Å². The van der Waals surface area contributed by atoms with Crippen molar-refractivity contribution in [3.8, 4) is 0 Å². The van der Waals surface area contributed by atoms with Gasteiger partial charge in [0.05, 0.1) is 5.60 Å². The van der Waals surface area contributed by atoms with Crippen LogP contribution < -0.4 is 5.32 Å². The maximum atomic E-state index is 5.93. The monoisotopic (exact) mass is 243 g/mol. The average Bonchev–Trinajstić information content (AvgIpc) is 2.34. The van der Waals surface area contributed by atoms with Gasteiger partial charge >= 0.3 is 0 Å². The van der Waals surface area contributed by atoms with Gasteiger partial charge in [0.2, 0.25) is 0 Å². The molecule has 3 unspecified atom stereocenters. The summed E-state index contributed by atoms with van der Waals surface area (Å²) >= 11 is 0. The van der Waals surface area contributed by atoms with E-state index in [-0.39, 0.29) is 5.60 Å². The summed E-state index contributed by atoms with van der Waals surface area (Å²) in [6, 6.07) is 0.449. The smallest absolute Gasteiger partial charge is 0.0833 e. The molecule has 1 N–H and O–H groups in total. The molecule has 102 valence electrons. The molecule has 0 amide bonds. The molecule has 0 aliphatic heterocycles. The van der Waals surface area contributed by atoms with E-state index in [0.29, 0.717) is 6.04 Å². The summed E-state index contributed by atoms with van der Waals surface area (Å²) in [5.41, 5.74) is 0.0418. The predicted molar refractivity (Wildman–Crippen MR) is 71.3 cm³/mol. The Morgan fingerprint density at radius 1 is 1.41 bits per heavy atom. The van der Waals surface area contributed by atoms with Crippen molar-refractivity contribution in [2.45, 2.75) is 57.1 Å². The molecule has 3 nitrogen and oxygen atoms in total. The van der Waals surface area contributed by atoms with Gasteiger partial charge in [0, 0.05) is 26.9 Å². The Kier molecular flexibility index (Phi) is 6.45. The molecule has 0 heterocycles. The molecule has 1 fully saturated rings. The molecule has 1 rings (SSSR count). The minimum absolute atomic E-state index is 0.0418. The molecule has 1 aliphatic carbocycles. The Balaban J connectivity index is 2.60. The van der Waals surface area contributed by atoms with Gasteiger partial charge in [0.1, 0.15) is 0 Å². The second-order valence-electron chi connectivity index (χ2n) is 5.45. The van der Waals surface area contributed by atoms with Crippen LogP contribution in [-0.2, 0) is 9.47 Å². The first kappa shape index (κ1) is 14.9. The maximum Gasteiger partial charge on any atom is 0.0833 e. The molecule has 0 saturated heterocycles. The lowest BCUT2D eigenvalue weighted by Crippen LogP contribution is -2.53. The summed E-state index contributed by atoms with van der Waals surface area (Å²) in [6.45, 7) is 3.18. The first-order valence-electron chi connectivity index (χ1n) is 6.90. The fourth-order valence-corrected chi connectivity index (χ4v) is 3.29. The van der Waals surface area contributed by atoms with Gasteiger partial charge in [-0.3, -0.25) is 0 Å². The van der Waals surface area contributed by atoms with Gasteiger partial charge in [-0.05, 0) is 38.6 Å². The second-order valence-corrected chi connectivity index (χ2v) is 5.45. The molecular weight excluding hydrogens is 214 g/mol. The maximum absolute atomic E-state index is 5.93. The fourth-order valence-electron chi connectivity index (χ4n) is 3.29. The van der Waals surface area contributed by atoms with Crippen molar-refractivity contribution in [2.75, 3.05) is 27.9 Å². The lowest BCUT2D eigenvalue weighted by atomic mass is 9.73. The Morgan fingerprint density at radius 2 is 2.18 bits per heavy atom. The second kappa shape index (κ2) is 7.34. The summed E-state index contributed by atoms with van der Waals surface area (Å²) < 4.78 is 11.1. The molecule has 17 heavy (non-hydrogen) atoms. The van der Waals surface area contributed by atoms with Crippen molar-refractivity contribution >= 4 is 0 Å². The van der Waals surface area contributed by atoms with Crippen molar-refractivity contribution in [3.05, 3.63) is 0 Å². The van der Waals surface area contributed by atoms with Gasteiger partial charge in [-0.15, -0.1) is 0 Å². The van der Waals surface area contributed by atoms with Crippen LogP contribution in [0.25, 0.3) is 0 Å². The summed E-state index contributed by atoms with van der Waals surface area (Å²) in [4.78, 5) is 0. The van der Waals surface area contributed by atoms with E-state index in [1.807, 2.05) is 7.11 Å². The van der Waals surface area contributed by atoms with Crippen LogP contribution in [0.3, 0.4) is 0 Å². The van der Waals surface area contributed by atoms with Gasteiger partial charge in [0.25, 0.3) is 0 Å². The molecule has 1 aliphatic rings. The topological polar surface area (TPSA) is 30.5 Å². The SMILES string of the molecule is CNC(CCCOC)C1(OC)CCCC(C)C1. The van der Waals surface area contributed by atoms with Crippen molar-refractivity contribution in [2.24, 2.45) is 5.92 Å². The summed E-state index contributed by atoms with van der Waals surface area (Å²) in [7, 11) is 5.69. The highest BCUT2D eigenvalue weighted by Crippen LogP contribution is 2.38. The van der Waals surface area contributed by atoms with E-state index in [4.69, 9.17) is 9.47 Å². The lowest BCUT2D eigenvalue weighted by Gasteiger charge is -2.44. The van der Waals surface area contributed by atoms with Crippen molar-refractivity contribution in [1.29, 1.82) is 0 Å². The Labute approximate surface area is 106 Å². The molecule has 3 heteroatoms. The highest BCUT2D eigenvalue weighted by molar-refractivity contribution is 4.96. The van der Waals surface area contributed by atoms with Gasteiger partial charge in [-0.2, -0.15) is 0 Å². The van der Waals surface area contributed by atoms with E-state index in [0.717, 1.165) is 25.4 Å². The van der Waals surface area contributed by atoms with Crippen LogP contribution >= 0.6 is 0 Å². The molecule has 0 aromatic rings. The molecular formula is C14H29NO2. The van der Waals surface area contributed by atoms with Crippen LogP contribution in [0.4, 0.5) is 0 Å². The summed E-state index contributed by atoms with van der Waals surface area (Å²) in [5.74, 6) is 0.780. The van der Waals surface area contributed by atoms with Crippen LogP contribution in [0, 0.1) is 5.92 Å². The molecule has 3 atom stereocenters. The van der Waals surface area contributed by atoms with E-state index in [1.54, 1.807) is 7.11 Å². The number of methoxy groups -OCH3 is 2. The van der Waals surface area contributed by atoms with Crippen molar-refractivity contribution < 1.29 is 9.47 Å². The van der Waals surface area contributed by atoms with E-state index >= 15 is 0 Å². The third kappa shape index (κ3) is 3.94. The Morgan fingerprint density at radius 3 is 2.71 bits per heavy atom. The van der Waals surface area contributed by atoms with Crippen molar-refractivity contribution in [3.63, 3.8) is 0 Å². The zero-order valence-electron chi connectivity index (χ0n) is 11.9.